The molecule has 2 rings (SSSR count). The first-order valence-electron chi connectivity index (χ1n) is 7.18. The molecule has 1 aliphatic heterocycles. The molecule has 0 amide bonds. The van der Waals surface area contributed by atoms with Crippen molar-refractivity contribution in [2.75, 3.05) is 6.61 Å². The van der Waals surface area contributed by atoms with Gasteiger partial charge in [-0.25, -0.2) is 0 Å². The van der Waals surface area contributed by atoms with Crippen LogP contribution in [0.2, 0.25) is 0 Å². The Morgan fingerprint density at radius 1 is 1.29 bits per heavy atom. The van der Waals surface area contributed by atoms with Crippen LogP contribution in [-0.2, 0) is 25.6 Å². The maximum absolute atomic E-state index is 10.4. The number of hydrogen-bond donors (Lipinski definition) is 0. The first kappa shape index (κ1) is 15.9. The smallest absolute Gasteiger partial charge is 0.164 e. The molecule has 0 radical (unpaired) electrons. The second kappa shape index (κ2) is 7.50. The first-order valence-corrected chi connectivity index (χ1v) is 7.18. The number of benzene rings is 1. The predicted octanol–water partition coefficient (Wildman–Crippen LogP) is 2.87. The van der Waals surface area contributed by atoms with Crippen molar-refractivity contribution in [3.8, 4) is 0 Å². The maximum atomic E-state index is 10.4. The van der Waals surface area contributed by atoms with Crippen molar-refractivity contribution in [2.45, 2.75) is 44.9 Å². The number of allylic oxidation sites excluding steroid dienone is 1. The van der Waals surface area contributed by atoms with Crippen LogP contribution in [0.15, 0.2) is 42.5 Å². The zero-order chi connectivity index (χ0) is 15.1. The van der Waals surface area contributed by atoms with Gasteiger partial charge in [-0.3, -0.25) is 4.79 Å². The largest absolute Gasteiger partial charge is 0.374 e. The molecule has 4 nitrogen and oxygen atoms in total. The van der Waals surface area contributed by atoms with Crippen LogP contribution in [0.3, 0.4) is 0 Å². The van der Waals surface area contributed by atoms with E-state index in [1.165, 1.54) is 6.08 Å². The molecule has 0 unspecified atom stereocenters. The molecule has 0 aliphatic carbocycles. The zero-order valence-corrected chi connectivity index (χ0v) is 12.5. The summed E-state index contributed by atoms with van der Waals surface area (Å²) >= 11 is 0. The summed E-state index contributed by atoms with van der Waals surface area (Å²) in [6, 6.07) is 10.0. The zero-order valence-electron chi connectivity index (χ0n) is 12.5. The molecular weight excluding hydrogens is 268 g/mol. The fourth-order valence-corrected chi connectivity index (χ4v) is 2.42. The van der Waals surface area contributed by atoms with Crippen LogP contribution in [0, 0.1) is 0 Å². The summed E-state index contributed by atoms with van der Waals surface area (Å²) in [6.07, 6.45) is 4.51. The third-order valence-corrected chi connectivity index (χ3v) is 3.20. The second-order valence-electron chi connectivity index (χ2n) is 5.55. The van der Waals surface area contributed by atoms with Gasteiger partial charge in [0.2, 0.25) is 0 Å². The van der Waals surface area contributed by atoms with Crippen molar-refractivity contribution >= 4 is 6.29 Å². The first-order chi connectivity index (χ1) is 10.1. The quantitative estimate of drug-likeness (QED) is 0.597. The van der Waals surface area contributed by atoms with Crippen LogP contribution in [0.1, 0.15) is 25.8 Å². The van der Waals surface area contributed by atoms with Gasteiger partial charge in [0.15, 0.2) is 5.79 Å². The van der Waals surface area contributed by atoms with Crippen molar-refractivity contribution < 1.29 is 19.0 Å². The molecule has 114 valence electrons. The van der Waals surface area contributed by atoms with Crippen LogP contribution in [-0.4, -0.2) is 30.9 Å². The minimum absolute atomic E-state index is 0.0428. The van der Waals surface area contributed by atoms with E-state index in [4.69, 9.17) is 14.2 Å². The van der Waals surface area contributed by atoms with E-state index in [9.17, 15) is 4.79 Å². The third-order valence-electron chi connectivity index (χ3n) is 3.20. The Bertz CT molecular complexity index is 467. The maximum Gasteiger partial charge on any atom is 0.164 e. The van der Waals surface area contributed by atoms with E-state index < -0.39 is 5.79 Å². The van der Waals surface area contributed by atoms with Crippen LogP contribution in [0.25, 0.3) is 0 Å². The molecule has 0 saturated carbocycles. The van der Waals surface area contributed by atoms with E-state index in [1.807, 2.05) is 44.2 Å². The van der Waals surface area contributed by atoms with Gasteiger partial charge in [-0.15, -0.1) is 0 Å². The van der Waals surface area contributed by atoms with Crippen molar-refractivity contribution in [1.29, 1.82) is 0 Å². The van der Waals surface area contributed by atoms with Gasteiger partial charge < -0.3 is 14.2 Å². The van der Waals surface area contributed by atoms with Crippen molar-refractivity contribution in [1.82, 2.24) is 0 Å². The van der Waals surface area contributed by atoms with Crippen LogP contribution in [0.5, 0.6) is 0 Å². The van der Waals surface area contributed by atoms with Crippen LogP contribution in [0.4, 0.5) is 0 Å². The highest BCUT2D eigenvalue weighted by molar-refractivity contribution is 5.64. The van der Waals surface area contributed by atoms with Crippen LogP contribution < -0.4 is 0 Å². The van der Waals surface area contributed by atoms with Crippen molar-refractivity contribution in [3.63, 3.8) is 0 Å². The van der Waals surface area contributed by atoms with Gasteiger partial charge in [-0.05, 0) is 25.5 Å². The average Bonchev–Trinajstić information content (AvgIpc) is 2.45. The summed E-state index contributed by atoms with van der Waals surface area (Å²) in [5.41, 5.74) is 1.14. The van der Waals surface area contributed by atoms with Gasteiger partial charge in [0.1, 0.15) is 6.29 Å². The number of hydrogen-bond acceptors (Lipinski definition) is 4. The second-order valence-corrected chi connectivity index (χ2v) is 5.55. The molecule has 0 bridgehead atoms. The molecule has 0 N–H and O–H groups in total. The summed E-state index contributed by atoms with van der Waals surface area (Å²) < 4.78 is 17.3. The van der Waals surface area contributed by atoms with E-state index >= 15 is 0 Å². The van der Waals surface area contributed by atoms with Gasteiger partial charge in [-0.1, -0.05) is 36.4 Å². The number of aldehydes is 1. The summed E-state index contributed by atoms with van der Waals surface area (Å²) in [7, 11) is 0. The lowest BCUT2D eigenvalue weighted by molar-refractivity contribution is -0.296. The molecule has 1 aromatic rings. The van der Waals surface area contributed by atoms with E-state index in [0.29, 0.717) is 19.6 Å². The molecule has 1 heterocycles. The topological polar surface area (TPSA) is 44.8 Å². The minimum Gasteiger partial charge on any atom is -0.374 e. The van der Waals surface area contributed by atoms with Gasteiger partial charge >= 0.3 is 0 Å². The molecule has 0 spiro atoms. The highest BCUT2D eigenvalue weighted by Crippen LogP contribution is 2.27. The van der Waals surface area contributed by atoms with Gasteiger partial charge in [0.25, 0.3) is 0 Å². The number of ether oxygens (including phenoxy) is 3. The molecular formula is C17H22O4. The molecule has 4 heteroatoms. The fourth-order valence-electron chi connectivity index (χ4n) is 2.42. The number of carbonyl (C=O) groups excluding carboxylic acids is 1. The summed E-state index contributed by atoms with van der Waals surface area (Å²) in [5.74, 6) is -0.670. The standard InChI is InChI=1S/C17H22O4/c1-17(2)20-15(9-6-10-18)11-16(21-17)13-19-12-14-7-4-3-5-8-14/h3-10,15-16H,11-13H2,1-2H3/b9-6+/t15-,16+/m0/s1. The Morgan fingerprint density at radius 3 is 2.76 bits per heavy atom. The number of carbonyl (C=O) groups is 1. The van der Waals surface area contributed by atoms with E-state index in [0.717, 1.165) is 11.8 Å². The lowest BCUT2D eigenvalue weighted by atomic mass is 10.1. The Labute approximate surface area is 125 Å². The monoisotopic (exact) mass is 290 g/mol. The molecule has 1 fully saturated rings. The lowest BCUT2D eigenvalue weighted by Gasteiger charge is -2.39. The van der Waals surface area contributed by atoms with Gasteiger partial charge in [0, 0.05) is 6.42 Å². The minimum atomic E-state index is -0.670. The summed E-state index contributed by atoms with van der Waals surface area (Å²) in [5, 5.41) is 0. The van der Waals surface area contributed by atoms with Gasteiger partial charge in [-0.2, -0.15) is 0 Å². The Kier molecular flexibility index (Phi) is 5.67. The highest BCUT2D eigenvalue weighted by atomic mass is 16.7. The lowest BCUT2D eigenvalue weighted by Crippen LogP contribution is -2.45. The Hall–Kier alpha value is -1.49. The molecule has 2 atom stereocenters. The highest BCUT2D eigenvalue weighted by Gasteiger charge is 2.34. The van der Waals surface area contributed by atoms with Crippen LogP contribution >= 0.6 is 0 Å². The van der Waals surface area contributed by atoms with E-state index in [1.54, 1.807) is 6.08 Å². The van der Waals surface area contributed by atoms with E-state index in [-0.39, 0.29) is 12.2 Å². The van der Waals surface area contributed by atoms with E-state index in [2.05, 4.69) is 0 Å². The Balaban J connectivity index is 1.84. The summed E-state index contributed by atoms with van der Waals surface area (Å²) in [6.45, 7) is 4.82. The summed E-state index contributed by atoms with van der Waals surface area (Å²) in [4.78, 5) is 10.4. The van der Waals surface area contributed by atoms with Crippen molar-refractivity contribution in [3.05, 3.63) is 48.0 Å². The average molecular weight is 290 g/mol. The predicted molar refractivity (Wildman–Crippen MR) is 79.7 cm³/mol. The SMILES string of the molecule is CC1(C)O[C@@H](COCc2ccccc2)C[C@H](/C=C/C=O)O1. The fraction of sp³-hybridized carbons (Fsp3) is 0.471. The molecule has 1 aromatic carbocycles. The molecule has 1 aliphatic rings. The molecule has 1 saturated heterocycles. The third kappa shape index (κ3) is 5.42. The normalized spacial score (nSPS) is 25.0. The molecule has 0 aromatic heterocycles. The molecule has 21 heavy (non-hydrogen) atoms. The Morgan fingerprint density at radius 2 is 2.05 bits per heavy atom. The van der Waals surface area contributed by atoms with Gasteiger partial charge in [0.05, 0.1) is 25.4 Å². The number of rotatable bonds is 6. The van der Waals surface area contributed by atoms with Crippen molar-refractivity contribution in [2.24, 2.45) is 0 Å².